The molecule has 0 spiro atoms. The van der Waals surface area contributed by atoms with E-state index in [0.29, 0.717) is 11.6 Å². The fourth-order valence-corrected chi connectivity index (χ4v) is 2.63. The van der Waals surface area contributed by atoms with Crippen LogP contribution in [0, 0.1) is 0 Å². The normalized spacial score (nSPS) is 20.6. The molecule has 1 fully saturated rings. The van der Waals surface area contributed by atoms with E-state index in [9.17, 15) is 9.59 Å². The van der Waals surface area contributed by atoms with E-state index in [-0.39, 0.29) is 18.4 Å². The highest BCUT2D eigenvalue weighted by Gasteiger charge is 2.55. The Morgan fingerprint density at radius 1 is 1.50 bits per heavy atom. The lowest BCUT2D eigenvalue weighted by atomic mass is 10.1. The Morgan fingerprint density at radius 2 is 2.20 bits per heavy atom. The molecule has 0 aliphatic carbocycles. The predicted octanol–water partition coefficient (Wildman–Crippen LogP) is 1.73. The van der Waals surface area contributed by atoms with Gasteiger partial charge in [-0.15, -0.1) is 0 Å². The number of rotatable bonds is 1. The topological polar surface area (TPSA) is 73.2 Å². The molecule has 3 heterocycles. The smallest absolute Gasteiger partial charge is 0.303 e. The summed E-state index contributed by atoms with van der Waals surface area (Å²) in [5.74, 6) is 0.141. The molecule has 7 heteroatoms. The molecule has 0 saturated carbocycles. The first-order valence-electron chi connectivity index (χ1n) is 6.23. The molecule has 1 saturated heterocycles. The van der Waals surface area contributed by atoms with Crippen LogP contribution in [0.1, 0.15) is 13.3 Å². The molecule has 104 valence electrons. The molecule has 20 heavy (non-hydrogen) atoms. The monoisotopic (exact) mass is 293 g/mol. The third kappa shape index (κ3) is 1.68. The van der Waals surface area contributed by atoms with Gasteiger partial charge in [0.05, 0.1) is 17.9 Å². The summed E-state index contributed by atoms with van der Waals surface area (Å²) in [6.07, 6.45) is 0.222. The zero-order valence-corrected chi connectivity index (χ0v) is 11.5. The van der Waals surface area contributed by atoms with Gasteiger partial charge in [-0.1, -0.05) is 18.5 Å². The van der Waals surface area contributed by atoms with Gasteiger partial charge in [0.15, 0.2) is 0 Å². The van der Waals surface area contributed by atoms with E-state index < -0.39 is 5.97 Å². The van der Waals surface area contributed by atoms with Crippen LogP contribution in [0.5, 0.6) is 0 Å². The molecule has 4 bridgehead atoms. The molecule has 1 N–H and O–H groups in total. The lowest BCUT2D eigenvalue weighted by Gasteiger charge is -2.22. The number of carbonyl (C=O) groups excluding carboxylic acids is 1. The predicted molar refractivity (Wildman–Crippen MR) is 75.4 cm³/mol. The number of amides is 1. The second kappa shape index (κ2) is 4.49. The van der Waals surface area contributed by atoms with E-state index >= 15 is 0 Å². The fraction of sp³-hybridized carbons (Fsp3) is 0.308. The van der Waals surface area contributed by atoms with Gasteiger partial charge in [0, 0.05) is 11.4 Å². The maximum Gasteiger partial charge on any atom is 0.303 e. The standard InChI is InChI=1S/C10H6ClN3O.C3H6O2/c11-5-1-2-6-7(3-5)14-9(15)8-4-12-10(14)13(6)8;1-2-3(4)5/h1-3,8H,4H2;2H2,1H3,(H,4,5). The van der Waals surface area contributed by atoms with Crippen molar-refractivity contribution in [1.82, 2.24) is 0 Å². The van der Waals surface area contributed by atoms with Gasteiger partial charge < -0.3 is 5.11 Å². The van der Waals surface area contributed by atoms with Gasteiger partial charge in [-0.3, -0.25) is 14.5 Å². The number of halogens is 1. The Morgan fingerprint density at radius 3 is 2.85 bits per heavy atom. The maximum absolute atomic E-state index is 11.9. The molecule has 0 aromatic heterocycles. The van der Waals surface area contributed by atoms with E-state index in [2.05, 4.69) is 4.99 Å². The van der Waals surface area contributed by atoms with Crippen LogP contribution in [0.25, 0.3) is 0 Å². The Labute approximate surface area is 120 Å². The van der Waals surface area contributed by atoms with Crippen molar-refractivity contribution in [3.8, 4) is 0 Å². The van der Waals surface area contributed by atoms with Gasteiger partial charge >= 0.3 is 5.97 Å². The van der Waals surface area contributed by atoms with Crippen molar-refractivity contribution in [2.45, 2.75) is 19.4 Å². The Bertz CT molecular complexity index is 644. The third-order valence-electron chi connectivity index (χ3n) is 3.38. The molecule has 0 radical (unpaired) electrons. The van der Waals surface area contributed by atoms with Gasteiger partial charge in [0.2, 0.25) is 5.96 Å². The number of carboxylic acid groups (broad SMARTS) is 1. The van der Waals surface area contributed by atoms with Crippen LogP contribution in [0.4, 0.5) is 11.4 Å². The molecule has 4 rings (SSSR count). The number of benzene rings is 1. The summed E-state index contributed by atoms with van der Waals surface area (Å²) in [5.41, 5.74) is 1.91. The largest absolute Gasteiger partial charge is 0.481 e. The minimum atomic E-state index is -0.745. The number of carbonyl (C=O) groups is 2. The minimum Gasteiger partial charge on any atom is -0.481 e. The third-order valence-corrected chi connectivity index (χ3v) is 3.61. The number of nitrogens with zero attached hydrogens (tertiary/aromatic N) is 3. The zero-order chi connectivity index (χ0) is 14.4. The fourth-order valence-electron chi connectivity index (χ4n) is 2.46. The second-order valence-corrected chi connectivity index (χ2v) is 5.02. The number of hydrogen-bond acceptors (Lipinski definition) is 4. The summed E-state index contributed by atoms with van der Waals surface area (Å²) in [5, 5.41) is 8.37. The van der Waals surface area contributed by atoms with Crippen LogP contribution < -0.4 is 9.80 Å². The molecule has 1 aromatic carbocycles. The first-order chi connectivity index (χ1) is 9.54. The summed E-state index contributed by atoms with van der Waals surface area (Å²) >= 11 is 5.91. The van der Waals surface area contributed by atoms with E-state index in [0.717, 1.165) is 17.3 Å². The maximum atomic E-state index is 11.9. The average molecular weight is 294 g/mol. The van der Waals surface area contributed by atoms with Crippen molar-refractivity contribution >= 4 is 40.8 Å². The van der Waals surface area contributed by atoms with Crippen LogP contribution >= 0.6 is 11.6 Å². The first kappa shape index (κ1) is 12.9. The molecular formula is C13H12ClN3O3. The number of fused-ring (bicyclic) bond motifs is 2. The Balaban J connectivity index is 0.000000213. The van der Waals surface area contributed by atoms with Crippen LogP contribution in [0.3, 0.4) is 0 Å². The van der Waals surface area contributed by atoms with E-state index in [4.69, 9.17) is 16.7 Å². The second-order valence-electron chi connectivity index (χ2n) is 4.58. The lowest BCUT2D eigenvalue weighted by Crippen LogP contribution is -2.39. The number of guanidine groups is 1. The van der Waals surface area contributed by atoms with Crippen LogP contribution in [-0.2, 0) is 9.59 Å². The summed E-state index contributed by atoms with van der Waals surface area (Å²) in [6, 6.07) is 5.49. The van der Waals surface area contributed by atoms with Crippen molar-refractivity contribution in [2.75, 3.05) is 16.3 Å². The highest BCUT2D eigenvalue weighted by atomic mass is 35.5. The number of aliphatic carboxylic acids is 1. The number of aliphatic imine (C=N–C) groups is 1. The highest BCUT2D eigenvalue weighted by Crippen LogP contribution is 2.47. The van der Waals surface area contributed by atoms with E-state index in [1.165, 1.54) is 0 Å². The Hall–Kier alpha value is -2.08. The SMILES string of the molecule is CCC(=O)O.O=C1C2CN=C3N1c1cc(Cl)ccc1N32. The van der Waals surface area contributed by atoms with Crippen molar-refractivity contribution in [1.29, 1.82) is 0 Å². The molecule has 1 aromatic rings. The van der Waals surface area contributed by atoms with Gasteiger partial charge in [0.1, 0.15) is 6.04 Å². The first-order valence-corrected chi connectivity index (χ1v) is 6.61. The molecule has 3 aliphatic rings. The van der Waals surface area contributed by atoms with Gasteiger partial charge in [-0.05, 0) is 18.2 Å². The lowest BCUT2D eigenvalue weighted by molar-refractivity contribution is -0.136. The summed E-state index contributed by atoms with van der Waals surface area (Å²) < 4.78 is 0. The van der Waals surface area contributed by atoms with Crippen molar-refractivity contribution in [3.63, 3.8) is 0 Å². The van der Waals surface area contributed by atoms with Gasteiger partial charge in [-0.2, -0.15) is 0 Å². The van der Waals surface area contributed by atoms with Gasteiger partial charge in [-0.25, -0.2) is 9.89 Å². The summed E-state index contributed by atoms with van der Waals surface area (Å²) in [7, 11) is 0. The van der Waals surface area contributed by atoms with E-state index in [1.807, 2.05) is 23.1 Å². The van der Waals surface area contributed by atoms with Crippen LogP contribution in [0.15, 0.2) is 23.2 Å². The highest BCUT2D eigenvalue weighted by molar-refractivity contribution is 6.39. The molecule has 6 nitrogen and oxygen atoms in total. The minimum absolute atomic E-state index is 0.103. The summed E-state index contributed by atoms with van der Waals surface area (Å²) in [6.45, 7) is 2.19. The zero-order valence-electron chi connectivity index (χ0n) is 10.7. The Kier molecular flexibility index (Phi) is 2.90. The molecule has 1 atom stereocenters. The van der Waals surface area contributed by atoms with Gasteiger partial charge in [0.25, 0.3) is 5.91 Å². The number of anilines is 2. The van der Waals surface area contributed by atoms with Crippen molar-refractivity contribution in [2.24, 2.45) is 4.99 Å². The van der Waals surface area contributed by atoms with Crippen LogP contribution in [-0.4, -0.2) is 35.5 Å². The quantitative estimate of drug-likeness (QED) is 0.856. The van der Waals surface area contributed by atoms with Crippen molar-refractivity contribution in [3.05, 3.63) is 23.2 Å². The number of carboxylic acids is 1. The summed E-state index contributed by atoms with van der Waals surface area (Å²) in [4.78, 5) is 29.2. The molecule has 3 aliphatic heterocycles. The molecular weight excluding hydrogens is 282 g/mol. The average Bonchev–Trinajstić information content (AvgIpc) is 3.03. The molecule has 1 amide bonds. The van der Waals surface area contributed by atoms with E-state index in [1.54, 1.807) is 11.8 Å². The number of hydrogen-bond donors (Lipinski definition) is 1. The molecule has 1 unspecified atom stereocenters. The van der Waals surface area contributed by atoms with Crippen molar-refractivity contribution < 1.29 is 14.7 Å². The van der Waals surface area contributed by atoms with Crippen LogP contribution in [0.2, 0.25) is 5.02 Å².